The van der Waals surface area contributed by atoms with Gasteiger partial charge in [0.05, 0.1) is 12.0 Å². The molecule has 0 N–H and O–H groups in total. The molecular formula is C22H25NO5S. The molecule has 2 unspecified atom stereocenters. The van der Waals surface area contributed by atoms with Crippen molar-refractivity contribution in [2.45, 2.75) is 30.5 Å². The number of aryl methyl sites for hydroxylation is 1. The number of hydrogen-bond acceptors (Lipinski definition) is 5. The van der Waals surface area contributed by atoms with Crippen LogP contribution in [-0.2, 0) is 19.6 Å². The van der Waals surface area contributed by atoms with Crippen molar-refractivity contribution in [3.05, 3.63) is 85.5 Å². The van der Waals surface area contributed by atoms with E-state index in [9.17, 15) is 13.2 Å². The summed E-state index contributed by atoms with van der Waals surface area (Å²) in [6.45, 7) is 9.21. The van der Waals surface area contributed by atoms with Gasteiger partial charge >= 0.3 is 5.97 Å². The molecule has 2 aromatic rings. The summed E-state index contributed by atoms with van der Waals surface area (Å²) in [6, 6.07) is 13.9. The van der Waals surface area contributed by atoms with Crippen molar-refractivity contribution in [3.8, 4) is 5.75 Å². The number of hydrogen-bond donors (Lipinski definition) is 0. The number of methoxy groups -OCH3 is 1. The van der Waals surface area contributed by atoms with Crippen LogP contribution in [0.25, 0.3) is 0 Å². The molecule has 0 saturated heterocycles. The first kappa shape index (κ1) is 22.4. The summed E-state index contributed by atoms with van der Waals surface area (Å²) in [5, 5.41) is 0. The smallest absolute Gasteiger partial charge is 0.324 e. The fraction of sp³-hybridized carbons (Fsp3) is 0.227. The molecule has 0 fully saturated rings. The Morgan fingerprint density at radius 1 is 1.10 bits per heavy atom. The molecule has 0 aliphatic rings. The van der Waals surface area contributed by atoms with E-state index >= 15 is 0 Å². The molecule has 6 nitrogen and oxygen atoms in total. The van der Waals surface area contributed by atoms with E-state index in [1.54, 1.807) is 36.4 Å². The maximum Gasteiger partial charge on any atom is 0.324 e. The Balaban J connectivity index is 2.59. The monoisotopic (exact) mass is 415 g/mol. The van der Waals surface area contributed by atoms with Crippen molar-refractivity contribution >= 4 is 16.0 Å². The maximum absolute atomic E-state index is 13.5. The predicted molar refractivity (Wildman–Crippen MR) is 112 cm³/mol. The summed E-state index contributed by atoms with van der Waals surface area (Å²) in [5.41, 5.74) is 0.909. The molecule has 0 aromatic heterocycles. The number of esters is 1. The highest BCUT2D eigenvalue weighted by Gasteiger charge is 2.41. The first-order valence-electron chi connectivity index (χ1n) is 8.98. The van der Waals surface area contributed by atoms with Crippen LogP contribution < -0.4 is 4.74 Å². The Bertz CT molecular complexity index is 939. The standard InChI is InChI=1S/C22H25NO5S/c1-5-10-20(22(24)27-4)23(21(6-2)28-18-11-8-7-9-12-18)29(25,26)19-15-13-17(3)14-16-19/h5-9,11-16,20-21H,1-2,10H2,3-4H3. The van der Waals surface area contributed by atoms with E-state index in [0.717, 1.165) is 9.87 Å². The van der Waals surface area contributed by atoms with Crippen molar-refractivity contribution in [1.29, 1.82) is 0 Å². The molecule has 29 heavy (non-hydrogen) atoms. The molecule has 0 radical (unpaired) electrons. The summed E-state index contributed by atoms with van der Waals surface area (Å²) < 4.78 is 38.8. The van der Waals surface area contributed by atoms with E-state index in [1.807, 2.05) is 13.0 Å². The summed E-state index contributed by atoms with van der Waals surface area (Å²) >= 11 is 0. The van der Waals surface area contributed by atoms with Crippen molar-refractivity contribution in [2.24, 2.45) is 0 Å². The van der Waals surface area contributed by atoms with Crippen LogP contribution in [0.4, 0.5) is 0 Å². The van der Waals surface area contributed by atoms with Gasteiger partial charge in [-0.1, -0.05) is 48.6 Å². The maximum atomic E-state index is 13.5. The van der Waals surface area contributed by atoms with Gasteiger partial charge in [-0.2, -0.15) is 0 Å². The second-order valence-corrected chi connectivity index (χ2v) is 8.11. The molecule has 2 aromatic carbocycles. The van der Waals surface area contributed by atoms with Gasteiger partial charge in [0.1, 0.15) is 11.8 Å². The fourth-order valence-electron chi connectivity index (χ4n) is 2.75. The van der Waals surface area contributed by atoms with E-state index < -0.39 is 28.3 Å². The number of ether oxygens (including phenoxy) is 2. The van der Waals surface area contributed by atoms with Crippen molar-refractivity contribution in [1.82, 2.24) is 4.31 Å². The van der Waals surface area contributed by atoms with Gasteiger partial charge in [0.2, 0.25) is 10.0 Å². The van der Waals surface area contributed by atoms with Gasteiger partial charge in [-0.3, -0.25) is 4.79 Å². The average Bonchev–Trinajstić information content (AvgIpc) is 2.73. The average molecular weight is 416 g/mol. The summed E-state index contributed by atoms with van der Waals surface area (Å²) in [5.74, 6) is -0.284. The lowest BCUT2D eigenvalue weighted by atomic mass is 10.2. The van der Waals surface area contributed by atoms with Crippen molar-refractivity contribution in [3.63, 3.8) is 0 Å². The normalized spacial score (nSPS) is 13.3. The molecular weight excluding hydrogens is 390 g/mol. The Kier molecular flexibility index (Phi) is 7.75. The zero-order chi connectivity index (χ0) is 21.4. The number of carbonyl (C=O) groups is 1. The quantitative estimate of drug-likeness (QED) is 0.336. The van der Waals surface area contributed by atoms with Gasteiger partial charge in [0, 0.05) is 0 Å². The molecule has 2 rings (SSSR count). The third kappa shape index (κ3) is 5.34. The topological polar surface area (TPSA) is 72.9 Å². The van der Waals surface area contributed by atoms with Crippen LogP contribution in [0.15, 0.2) is 84.8 Å². The lowest BCUT2D eigenvalue weighted by Gasteiger charge is -2.33. The number of nitrogens with zero attached hydrogens (tertiary/aromatic N) is 1. The van der Waals surface area contributed by atoms with E-state index in [-0.39, 0.29) is 11.3 Å². The predicted octanol–water partition coefficient (Wildman–Crippen LogP) is 3.69. The highest BCUT2D eigenvalue weighted by molar-refractivity contribution is 7.89. The molecule has 0 heterocycles. The lowest BCUT2D eigenvalue weighted by Crippen LogP contribution is -2.52. The number of benzene rings is 2. The molecule has 154 valence electrons. The van der Waals surface area contributed by atoms with Crippen LogP contribution in [0, 0.1) is 6.92 Å². The molecule has 0 aliphatic carbocycles. The Hall–Kier alpha value is -2.90. The molecule has 7 heteroatoms. The van der Waals surface area contributed by atoms with Crippen LogP contribution in [0.5, 0.6) is 5.75 Å². The van der Waals surface area contributed by atoms with Crippen molar-refractivity contribution < 1.29 is 22.7 Å². The van der Waals surface area contributed by atoms with E-state index in [2.05, 4.69) is 13.2 Å². The van der Waals surface area contributed by atoms with Crippen molar-refractivity contribution in [2.75, 3.05) is 7.11 Å². The lowest BCUT2D eigenvalue weighted by molar-refractivity contribution is -0.146. The SMILES string of the molecule is C=CCC(C(=O)OC)N(C(C=C)Oc1ccccc1)S(=O)(=O)c1ccc(C)cc1. The number of rotatable bonds is 10. The third-order valence-electron chi connectivity index (χ3n) is 4.22. The minimum absolute atomic E-state index is 0.0320. The van der Waals surface area contributed by atoms with Crippen LogP contribution in [0.2, 0.25) is 0 Å². The van der Waals surface area contributed by atoms with Gasteiger partial charge in [-0.05, 0) is 43.7 Å². The molecule has 0 saturated carbocycles. The number of carbonyl (C=O) groups excluding carboxylic acids is 1. The van der Waals surface area contributed by atoms with Gasteiger partial charge in [0.15, 0.2) is 6.23 Å². The van der Waals surface area contributed by atoms with E-state index in [0.29, 0.717) is 5.75 Å². The second-order valence-electron chi connectivity index (χ2n) is 6.27. The summed E-state index contributed by atoms with van der Waals surface area (Å²) in [7, 11) is -2.93. The number of sulfonamides is 1. The van der Waals surface area contributed by atoms with E-state index in [4.69, 9.17) is 9.47 Å². The van der Waals surface area contributed by atoms with E-state index in [1.165, 1.54) is 31.4 Å². The minimum atomic E-state index is -4.14. The highest BCUT2D eigenvalue weighted by atomic mass is 32.2. The van der Waals surface area contributed by atoms with Crippen LogP contribution >= 0.6 is 0 Å². The van der Waals surface area contributed by atoms with Crippen LogP contribution in [0.1, 0.15) is 12.0 Å². The second kappa shape index (κ2) is 10.0. The highest BCUT2D eigenvalue weighted by Crippen LogP contribution is 2.26. The molecule has 0 bridgehead atoms. The fourth-order valence-corrected chi connectivity index (χ4v) is 4.39. The summed E-state index contributed by atoms with van der Waals surface area (Å²) in [6.07, 6.45) is 1.69. The zero-order valence-electron chi connectivity index (χ0n) is 16.5. The zero-order valence-corrected chi connectivity index (χ0v) is 17.3. The third-order valence-corrected chi connectivity index (χ3v) is 6.10. The van der Waals surface area contributed by atoms with Gasteiger partial charge in [-0.25, -0.2) is 8.42 Å². The van der Waals surface area contributed by atoms with Gasteiger partial charge in [0.25, 0.3) is 0 Å². The number of para-hydroxylation sites is 1. The molecule has 0 aliphatic heterocycles. The molecule has 2 atom stereocenters. The first-order chi connectivity index (χ1) is 13.8. The van der Waals surface area contributed by atoms with Crippen LogP contribution in [0.3, 0.4) is 0 Å². The first-order valence-corrected chi connectivity index (χ1v) is 10.4. The van der Waals surface area contributed by atoms with Crippen LogP contribution in [-0.4, -0.2) is 38.1 Å². The Morgan fingerprint density at radius 2 is 1.72 bits per heavy atom. The largest absolute Gasteiger partial charge is 0.471 e. The summed E-state index contributed by atoms with van der Waals surface area (Å²) in [4.78, 5) is 12.5. The van der Waals surface area contributed by atoms with Gasteiger partial charge in [-0.15, -0.1) is 10.9 Å². The molecule has 0 spiro atoms. The Morgan fingerprint density at radius 3 is 2.24 bits per heavy atom. The Labute approximate surface area is 172 Å². The minimum Gasteiger partial charge on any atom is -0.471 e. The molecule has 0 amide bonds. The van der Waals surface area contributed by atoms with Gasteiger partial charge < -0.3 is 9.47 Å².